The van der Waals surface area contributed by atoms with Crippen molar-refractivity contribution in [2.75, 3.05) is 17.1 Å². The lowest BCUT2D eigenvalue weighted by molar-refractivity contribution is -0.140. The van der Waals surface area contributed by atoms with Crippen molar-refractivity contribution in [2.45, 2.75) is 59.2 Å². The van der Waals surface area contributed by atoms with Gasteiger partial charge in [0.05, 0.1) is 11.9 Å². The normalized spacial score (nSPS) is 12.5. The predicted molar refractivity (Wildman–Crippen MR) is 157 cm³/mol. The number of benzene rings is 3. The second-order valence-electron chi connectivity index (χ2n) is 11.1. The summed E-state index contributed by atoms with van der Waals surface area (Å²) in [6, 6.07) is 19.6. The van der Waals surface area contributed by atoms with Gasteiger partial charge in [0.15, 0.2) is 0 Å². The standard InChI is InChI=1S/C31H38FN3O4S/c1-22-13-12-14-23(2)29(22)35(40(6,38)39)21-28(36)34(20-25-17-10-11-18-26(25)32)27(30(37)33-31(3,4)5)19-24-15-8-7-9-16-24/h7-18,27H,19-21H2,1-6H3,(H,33,37)/t27-/m1/s1. The van der Waals surface area contributed by atoms with E-state index in [1.54, 1.807) is 44.2 Å². The molecule has 7 nitrogen and oxygen atoms in total. The summed E-state index contributed by atoms with van der Waals surface area (Å²) >= 11 is 0. The largest absolute Gasteiger partial charge is 0.350 e. The molecular formula is C31H38FN3O4S. The maximum absolute atomic E-state index is 14.9. The van der Waals surface area contributed by atoms with E-state index < -0.39 is 45.8 Å². The van der Waals surface area contributed by atoms with Gasteiger partial charge in [0, 0.05) is 24.1 Å². The van der Waals surface area contributed by atoms with Gasteiger partial charge in [-0.15, -0.1) is 0 Å². The minimum absolute atomic E-state index is 0.158. The summed E-state index contributed by atoms with van der Waals surface area (Å²) in [4.78, 5) is 29.1. The van der Waals surface area contributed by atoms with Gasteiger partial charge in [0.1, 0.15) is 18.4 Å². The molecule has 0 aromatic heterocycles. The molecule has 0 bridgehead atoms. The SMILES string of the molecule is Cc1cccc(C)c1N(CC(=O)N(Cc1ccccc1F)[C@H](Cc1ccccc1)C(=O)NC(C)(C)C)S(C)(=O)=O. The minimum atomic E-state index is -3.89. The molecule has 1 N–H and O–H groups in total. The van der Waals surface area contributed by atoms with Crippen LogP contribution in [0.3, 0.4) is 0 Å². The number of nitrogens with zero attached hydrogens (tertiary/aromatic N) is 2. The average Bonchev–Trinajstić information content (AvgIpc) is 2.85. The van der Waals surface area contributed by atoms with E-state index in [1.165, 1.54) is 11.0 Å². The average molecular weight is 568 g/mol. The number of para-hydroxylation sites is 1. The summed E-state index contributed by atoms with van der Waals surface area (Å²) in [6.07, 6.45) is 1.20. The smallest absolute Gasteiger partial charge is 0.244 e. The second kappa shape index (κ2) is 12.6. The van der Waals surface area contributed by atoms with E-state index in [4.69, 9.17) is 0 Å². The van der Waals surface area contributed by atoms with Gasteiger partial charge >= 0.3 is 0 Å². The lowest BCUT2D eigenvalue weighted by Gasteiger charge is -2.35. The van der Waals surface area contributed by atoms with Gasteiger partial charge < -0.3 is 10.2 Å². The fraction of sp³-hybridized carbons (Fsp3) is 0.355. The predicted octanol–water partition coefficient (Wildman–Crippen LogP) is 4.76. The van der Waals surface area contributed by atoms with Crippen LogP contribution in [0.1, 0.15) is 43.0 Å². The fourth-order valence-electron chi connectivity index (χ4n) is 4.59. The Morgan fingerprint density at radius 1 is 0.900 bits per heavy atom. The molecule has 214 valence electrons. The van der Waals surface area contributed by atoms with Crippen molar-refractivity contribution in [1.82, 2.24) is 10.2 Å². The van der Waals surface area contributed by atoms with Gasteiger partial charge in [0.25, 0.3) is 0 Å². The molecule has 0 heterocycles. The van der Waals surface area contributed by atoms with Crippen LogP contribution in [0.25, 0.3) is 0 Å². The number of nitrogens with one attached hydrogen (secondary N) is 1. The molecule has 3 aromatic rings. The van der Waals surface area contributed by atoms with Gasteiger partial charge in [-0.05, 0) is 57.4 Å². The van der Waals surface area contributed by atoms with Crippen molar-refractivity contribution < 1.29 is 22.4 Å². The monoisotopic (exact) mass is 567 g/mol. The van der Waals surface area contributed by atoms with Crippen molar-refractivity contribution in [2.24, 2.45) is 0 Å². The van der Waals surface area contributed by atoms with Crippen LogP contribution < -0.4 is 9.62 Å². The molecule has 40 heavy (non-hydrogen) atoms. The second-order valence-corrected chi connectivity index (χ2v) is 13.0. The Morgan fingerprint density at radius 2 is 1.48 bits per heavy atom. The maximum Gasteiger partial charge on any atom is 0.244 e. The van der Waals surface area contributed by atoms with Gasteiger partial charge in [-0.3, -0.25) is 13.9 Å². The lowest BCUT2D eigenvalue weighted by Crippen LogP contribution is -2.56. The Kier molecular flexibility index (Phi) is 9.73. The van der Waals surface area contributed by atoms with E-state index in [0.29, 0.717) is 16.8 Å². The van der Waals surface area contributed by atoms with Crippen molar-refractivity contribution >= 4 is 27.5 Å². The summed E-state index contributed by atoms with van der Waals surface area (Å²) in [5.41, 5.74) is 2.20. The summed E-state index contributed by atoms with van der Waals surface area (Å²) in [6.45, 7) is 8.28. The van der Waals surface area contributed by atoms with Crippen molar-refractivity contribution in [3.8, 4) is 0 Å². The van der Waals surface area contributed by atoms with Crippen LogP contribution in [0.4, 0.5) is 10.1 Å². The third kappa shape index (κ3) is 8.14. The highest BCUT2D eigenvalue weighted by Crippen LogP contribution is 2.27. The van der Waals surface area contributed by atoms with Crippen molar-refractivity contribution in [1.29, 1.82) is 0 Å². The first-order valence-corrected chi connectivity index (χ1v) is 14.9. The summed E-state index contributed by atoms with van der Waals surface area (Å²) < 4.78 is 41.9. The van der Waals surface area contributed by atoms with E-state index in [0.717, 1.165) is 16.1 Å². The molecule has 2 amide bonds. The van der Waals surface area contributed by atoms with Gasteiger partial charge in [0.2, 0.25) is 21.8 Å². The number of aryl methyl sites for hydroxylation is 2. The van der Waals surface area contributed by atoms with Crippen molar-refractivity contribution in [3.63, 3.8) is 0 Å². The van der Waals surface area contributed by atoms with Crippen LogP contribution in [0, 0.1) is 19.7 Å². The quantitative estimate of drug-likeness (QED) is 0.383. The van der Waals surface area contributed by atoms with Crippen LogP contribution in [-0.4, -0.2) is 49.5 Å². The molecular weight excluding hydrogens is 529 g/mol. The number of carbonyl (C=O) groups excluding carboxylic acids is 2. The number of sulfonamides is 1. The van der Waals surface area contributed by atoms with Gasteiger partial charge in [-0.25, -0.2) is 12.8 Å². The molecule has 9 heteroatoms. The van der Waals surface area contributed by atoms with Gasteiger partial charge in [-0.2, -0.15) is 0 Å². The van der Waals surface area contributed by atoms with Crippen LogP contribution in [0.15, 0.2) is 72.8 Å². The number of halogens is 1. The number of anilines is 1. The van der Waals surface area contributed by atoms with E-state index >= 15 is 0 Å². The highest BCUT2D eigenvalue weighted by Gasteiger charge is 2.35. The first kappa shape index (κ1) is 30.8. The first-order valence-electron chi connectivity index (χ1n) is 13.1. The van der Waals surface area contributed by atoms with Crippen LogP contribution in [0.2, 0.25) is 0 Å². The molecule has 0 unspecified atom stereocenters. The molecule has 3 rings (SSSR count). The maximum atomic E-state index is 14.9. The van der Waals surface area contributed by atoms with E-state index in [1.807, 2.05) is 57.2 Å². The number of amides is 2. The zero-order valence-electron chi connectivity index (χ0n) is 23.9. The number of hydrogen-bond acceptors (Lipinski definition) is 4. The molecule has 0 aliphatic carbocycles. The zero-order valence-corrected chi connectivity index (χ0v) is 24.8. The molecule has 0 aliphatic rings. The summed E-state index contributed by atoms with van der Waals surface area (Å²) in [5, 5.41) is 2.95. The Bertz CT molecular complexity index is 1430. The molecule has 0 aliphatic heterocycles. The van der Waals surface area contributed by atoms with Crippen LogP contribution in [-0.2, 0) is 32.6 Å². The van der Waals surface area contributed by atoms with E-state index in [9.17, 15) is 22.4 Å². The molecule has 1 atom stereocenters. The summed E-state index contributed by atoms with van der Waals surface area (Å²) in [5.74, 6) is -1.56. The molecule has 0 radical (unpaired) electrons. The third-order valence-corrected chi connectivity index (χ3v) is 7.55. The Hall–Kier alpha value is -3.72. The van der Waals surface area contributed by atoms with Crippen molar-refractivity contribution in [3.05, 3.63) is 101 Å². The van der Waals surface area contributed by atoms with Crippen LogP contribution >= 0.6 is 0 Å². The van der Waals surface area contributed by atoms with E-state index in [-0.39, 0.29) is 18.5 Å². The highest BCUT2D eigenvalue weighted by molar-refractivity contribution is 7.92. The number of hydrogen-bond donors (Lipinski definition) is 1. The highest BCUT2D eigenvalue weighted by atomic mass is 32.2. The van der Waals surface area contributed by atoms with Crippen LogP contribution in [0.5, 0.6) is 0 Å². The Labute approximate surface area is 237 Å². The molecule has 3 aromatic carbocycles. The lowest BCUT2D eigenvalue weighted by atomic mass is 10.0. The molecule has 0 fully saturated rings. The third-order valence-electron chi connectivity index (χ3n) is 6.44. The zero-order chi connectivity index (χ0) is 29.7. The first-order chi connectivity index (χ1) is 18.7. The summed E-state index contributed by atoms with van der Waals surface area (Å²) in [7, 11) is -3.89. The van der Waals surface area contributed by atoms with Gasteiger partial charge in [-0.1, -0.05) is 66.7 Å². The Balaban J connectivity index is 2.12. The molecule has 0 saturated heterocycles. The van der Waals surface area contributed by atoms with E-state index in [2.05, 4.69) is 5.32 Å². The number of rotatable bonds is 10. The fourth-order valence-corrected chi connectivity index (χ4v) is 5.56. The minimum Gasteiger partial charge on any atom is -0.350 e. The number of carbonyl (C=O) groups is 2. The topological polar surface area (TPSA) is 86.8 Å². The Morgan fingerprint density at radius 3 is 2.02 bits per heavy atom. The molecule has 0 spiro atoms. The molecule has 0 saturated carbocycles.